The number of anilines is 1. The van der Waals surface area contributed by atoms with Crippen molar-refractivity contribution in [1.29, 1.82) is 0 Å². The van der Waals surface area contributed by atoms with E-state index in [1.54, 1.807) is 30.2 Å². The van der Waals surface area contributed by atoms with E-state index >= 15 is 0 Å². The van der Waals surface area contributed by atoms with Crippen LogP contribution in [0.3, 0.4) is 0 Å². The fourth-order valence-electron chi connectivity index (χ4n) is 1.91. The summed E-state index contributed by atoms with van der Waals surface area (Å²) in [6.45, 7) is 3.57. The van der Waals surface area contributed by atoms with E-state index in [-0.39, 0.29) is 18.4 Å². The molecule has 116 valence electrons. The van der Waals surface area contributed by atoms with E-state index in [0.717, 1.165) is 15.7 Å². The summed E-state index contributed by atoms with van der Waals surface area (Å²) in [6, 6.07) is 5.16. The standard InChI is InChI=1S/C15H17BrN4O2/c1-10-7-12(16)3-4-13(10)19-14(21)8-18-15(22)11(2)20-6-5-17-9-20/h3-7,9,11H,8H2,1-2H3,(H,18,22)(H,19,21)/t11-/m0/s1. The van der Waals surface area contributed by atoms with Crippen molar-refractivity contribution in [2.24, 2.45) is 0 Å². The van der Waals surface area contributed by atoms with Crippen LogP contribution >= 0.6 is 15.9 Å². The molecule has 1 atom stereocenters. The third kappa shape index (κ3) is 4.17. The number of nitrogens with zero attached hydrogens (tertiary/aromatic N) is 2. The van der Waals surface area contributed by atoms with Gasteiger partial charge in [0.25, 0.3) is 0 Å². The average Bonchev–Trinajstić information content (AvgIpc) is 3.01. The molecule has 0 bridgehead atoms. The van der Waals surface area contributed by atoms with Gasteiger partial charge in [-0.15, -0.1) is 0 Å². The molecule has 2 aromatic rings. The molecular formula is C15H17BrN4O2. The van der Waals surface area contributed by atoms with Gasteiger partial charge in [-0.1, -0.05) is 15.9 Å². The molecule has 0 fully saturated rings. The number of nitrogens with one attached hydrogen (secondary N) is 2. The first-order valence-corrected chi connectivity index (χ1v) is 7.58. The number of hydrogen-bond acceptors (Lipinski definition) is 3. The largest absolute Gasteiger partial charge is 0.345 e. The van der Waals surface area contributed by atoms with Crippen molar-refractivity contribution in [2.45, 2.75) is 19.9 Å². The molecular weight excluding hydrogens is 348 g/mol. The molecule has 0 saturated carbocycles. The molecule has 0 spiro atoms. The zero-order valence-electron chi connectivity index (χ0n) is 12.3. The number of rotatable bonds is 5. The SMILES string of the molecule is Cc1cc(Br)ccc1NC(=O)CNC(=O)[C@H](C)n1ccnc1. The van der Waals surface area contributed by atoms with E-state index < -0.39 is 6.04 Å². The van der Waals surface area contributed by atoms with E-state index in [1.165, 1.54) is 0 Å². The summed E-state index contributed by atoms with van der Waals surface area (Å²) in [4.78, 5) is 27.8. The van der Waals surface area contributed by atoms with E-state index in [1.807, 2.05) is 25.1 Å². The number of benzene rings is 1. The van der Waals surface area contributed by atoms with Gasteiger partial charge in [-0.05, 0) is 37.6 Å². The molecule has 22 heavy (non-hydrogen) atoms. The van der Waals surface area contributed by atoms with Gasteiger partial charge in [-0.2, -0.15) is 0 Å². The Morgan fingerprint density at radius 2 is 2.18 bits per heavy atom. The van der Waals surface area contributed by atoms with Crippen molar-refractivity contribution in [2.75, 3.05) is 11.9 Å². The van der Waals surface area contributed by atoms with Crippen molar-refractivity contribution in [3.8, 4) is 0 Å². The van der Waals surface area contributed by atoms with Crippen LogP contribution in [0.5, 0.6) is 0 Å². The maximum atomic E-state index is 12.0. The predicted octanol–water partition coefficient (Wildman–Crippen LogP) is 2.27. The Kier molecular flexibility index (Phi) is 5.32. The second-order valence-electron chi connectivity index (χ2n) is 4.91. The molecule has 0 radical (unpaired) electrons. The molecule has 1 aromatic carbocycles. The zero-order chi connectivity index (χ0) is 16.1. The first kappa shape index (κ1) is 16.2. The highest BCUT2D eigenvalue weighted by Gasteiger charge is 2.15. The van der Waals surface area contributed by atoms with Crippen molar-refractivity contribution in [1.82, 2.24) is 14.9 Å². The summed E-state index contributed by atoms with van der Waals surface area (Å²) < 4.78 is 2.62. The van der Waals surface area contributed by atoms with Gasteiger partial charge in [0.15, 0.2) is 0 Å². The van der Waals surface area contributed by atoms with Crippen molar-refractivity contribution in [3.63, 3.8) is 0 Å². The van der Waals surface area contributed by atoms with Gasteiger partial charge in [-0.3, -0.25) is 9.59 Å². The first-order valence-electron chi connectivity index (χ1n) is 6.78. The minimum atomic E-state index is -0.412. The Labute approximate surface area is 137 Å². The molecule has 1 aromatic heterocycles. The molecule has 0 aliphatic carbocycles. The Morgan fingerprint density at radius 1 is 1.41 bits per heavy atom. The van der Waals surface area contributed by atoms with Crippen LogP contribution in [0.4, 0.5) is 5.69 Å². The number of aryl methyl sites for hydroxylation is 1. The Morgan fingerprint density at radius 3 is 2.82 bits per heavy atom. The van der Waals surface area contributed by atoms with Gasteiger partial charge in [0, 0.05) is 22.6 Å². The topological polar surface area (TPSA) is 76.0 Å². The molecule has 2 amide bonds. The highest BCUT2D eigenvalue weighted by atomic mass is 79.9. The lowest BCUT2D eigenvalue weighted by atomic mass is 10.2. The summed E-state index contributed by atoms with van der Waals surface area (Å²) in [6.07, 6.45) is 4.87. The summed E-state index contributed by atoms with van der Waals surface area (Å²) in [5, 5.41) is 5.39. The molecule has 2 rings (SSSR count). The lowest BCUT2D eigenvalue weighted by molar-refractivity contribution is -0.126. The number of imidazole rings is 1. The molecule has 0 unspecified atom stereocenters. The van der Waals surface area contributed by atoms with Gasteiger partial charge in [-0.25, -0.2) is 4.98 Å². The summed E-state index contributed by atoms with van der Waals surface area (Å²) in [5.74, 6) is -0.503. The summed E-state index contributed by atoms with van der Waals surface area (Å²) in [7, 11) is 0. The second kappa shape index (κ2) is 7.22. The predicted molar refractivity (Wildman–Crippen MR) is 87.5 cm³/mol. The lowest BCUT2D eigenvalue weighted by Crippen LogP contribution is -2.36. The van der Waals surface area contributed by atoms with Gasteiger partial charge in [0.1, 0.15) is 6.04 Å². The minimum absolute atomic E-state index is 0.0760. The van der Waals surface area contributed by atoms with Gasteiger partial charge in [0.2, 0.25) is 11.8 Å². The smallest absolute Gasteiger partial charge is 0.243 e. The minimum Gasteiger partial charge on any atom is -0.345 e. The Balaban J connectivity index is 1.86. The number of halogens is 1. The summed E-state index contributed by atoms with van der Waals surface area (Å²) >= 11 is 3.37. The molecule has 1 heterocycles. The maximum absolute atomic E-state index is 12.0. The van der Waals surface area contributed by atoms with E-state index in [9.17, 15) is 9.59 Å². The summed E-state index contributed by atoms with van der Waals surface area (Å²) in [5.41, 5.74) is 1.67. The average molecular weight is 365 g/mol. The van der Waals surface area contributed by atoms with Gasteiger partial charge in [0.05, 0.1) is 12.9 Å². The number of hydrogen-bond donors (Lipinski definition) is 2. The van der Waals surface area contributed by atoms with Crippen LogP contribution in [0.15, 0.2) is 41.4 Å². The maximum Gasteiger partial charge on any atom is 0.243 e. The number of amides is 2. The first-order chi connectivity index (χ1) is 10.5. The van der Waals surface area contributed by atoms with Crippen LogP contribution in [0.25, 0.3) is 0 Å². The van der Waals surface area contributed by atoms with Crippen molar-refractivity contribution < 1.29 is 9.59 Å². The van der Waals surface area contributed by atoms with Crippen LogP contribution in [-0.2, 0) is 9.59 Å². The fraction of sp³-hybridized carbons (Fsp3) is 0.267. The monoisotopic (exact) mass is 364 g/mol. The van der Waals surface area contributed by atoms with Crippen LogP contribution < -0.4 is 10.6 Å². The Hall–Kier alpha value is -2.15. The van der Waals surface area contributed by atoms with Crippen molar-refractivity contribution in [3.05, 3.63) is 47.0 Å². The van der Waals surface area contributed by atoms with Gasteiger partial charge < -0.3 is 15.2 Å². The van der Waals surface area contributed by atoms with Gasteiger partial charge >= 0.3 is 0 Å². The zero-order valence-corrected chi connectivity index (χ0v) is 13.9. The van der Waals surface area contributed by atoms with Crippen LogP contribution in [-0.4, -0.2) is 27.9 Å². The second-order valence-corrected chi connectivity index (χ2v) is 5.83. The lowest BCUT2D eigenvalue weighted by Gasteiger charge is -2.13. The molecule has 0 aliphatic rings. The van der Waals surface area contributed by atoms with Crippen LogP contribution in [0.2, 0.25) is 0 Å². The van der Waals surface area contributed by atoms with Crippen LogP contribution in [0, 0.1) is 6.92 Å². The molecule has 7 heteroatoms. The van der Waals surface area contributed by atoms with E-state index in [4.69, 9.17) is 0 Å². The molecule has 0 saturated heterocycles. The molecule has 0 aliphatic heterocycles. The fourth-order valence-corrected chi connectivity index (χ4v) is 2.39. The number of aromatic nitrogens is 2. The highest BCUT2D eigenvalue weighted by molar-refractivity contribution is 9.10. The normalized spacial score (nSPS) is 11.8. The van der Waals surface area contributed by atoms with E-state index in [0.29, 0.717) is 0 Å². The third-order valence-electron chi connectivity index (χ3n) is 3.24. The van der Waals surface area contributed by atoms with Crippen LogP contribution in [0.1, 0.15) is 18.5 Å². The van der Waals surface area contributed by atoms with E-state index in [2.05, 4.69) is 31.5 Å². The van der Waals surface area contributed by atoms with Crippen molar-refractivity contribution >= 4 is 33.4 Å². The molecule has 2 N–H and O–H groups in total. The highest BCUT2D eigenvalue weighted by Crippen LogP contribution is 2.19. The number of carbonyl (C=O) groups is 2. The quantitative estimate of drug-likeness (QED) is 0.854. The molecule has 6 nitrogen and oxygen atoms in total. The number of carbonyl (C=O) groups excluding carboxylic acids is 2. The third-order valence-corrected chi connectivity index (χ3v) is 3.73. The Bertz CT molecular complexity index is 670.